The van der Waals surface area contributed by atoms with Crippen molar-refractivity contribution in [3.05, 3.63) is 86.5 Å². The van der Waals surface area contributed by atoms with Crippen molar-refractivity contribution >= 4 is 45.7 Å². The predicted molar refractivity (Wildman–Crippen MR) is 137 cm³/mol. The van der Waals surface area contributed by atoms with Gasteiger partial charge in [-0.3, -0.25) is 0 Å². The summed E-state index contributed by atoms with van der Waals surface area (Å²) in [5, 5.41) is 7.39. The summed E-state index contributed by atoms with van der Waals surface area (Å²) < 4.78 is 57.6. The van der Waals surface area contributed by atoms with Gasteiger partial charge in [0.2, 0.25) is 0 Å². The van der Waals surface area contributed by atoms with Crippen LogP contribution in [0.15, 0.2) is 65.2 Å². The fourth-order valence-corrected chi connectivity index (χ4v) is 6.30. The topological polar surface area (TPSA) is 53.4 Å². The molecule has 2 atom stereocenters. The minimum atomic E-state index is -4.63. The van der Waals surface area contributed by atoms with Crippen molar-refractivity contribution < 1.29 is 17.4 Å². The number of benzene rings is 2. The molecule has 2 aromatic carbocycles. The van der Waals surface area contributed by atoms with Gasteiger partial charge in [-0.05, 0) is 36.8 Å². The number of anilines is 2. The van der Waals surface area contributed by atoms with Gasteiger partial charge in [0.25, 0.3) is 0 Å². The fourth-order valence-electron chi connectivity index (χ4n) is 4.48. The molecule has 0 saturated carbocycles. The van der Waals surface area contributed by atoms with Gasteiger partial charge in [-0.15, -0.1) is 0 Å². The number of hydrogen-bond donors (Lipinski definition) is 1. The van der Waals surface area contributed by atoms with Crippen LogP contribution in [0.4, 0.5) is 24.7 Å². The number of halogens is 5. The number of nitrogens with zero attached hydrogens (tertiary/aromatic N) is 4. The normalized spacial score (nSPS) is 19.7. The first kappa shape index (κ1) is 25.1. The lowest BCUT2D eigenvalue weighted by Gasteiger charge is -2.38. The molecule has 3 heterocycles. The first-order chi connectivity index (χ1) is 17.1. The zero-order valence-electron chi connectivity index (χ0n) is 19.1. The Bertz CT molecular complexity index is 1340. The Balaban J connectivity index is 1.49. The maximum atomic E-state index is 14.0. The third-order valence-electron chi connectivity index (χ3n) is 6.25. The molecule has 1 N–H and O–H groups in total. The number of aromatic nitrogens is 2. The maximum Gasteiger partial charge on any atom is 0.435 e. The van der Waals surface area contributed by atoms with Gasteiger partial charge in [0.15, 0.2) is 5.69 Å². The van der Waals surface area contributed by atoms with E-state index < -0.39 is 28.9 Å². The quantitative estimate of drug-likeness (QED) is 0.432. The molecule has 1 saturated heterocycles. The van der Waals surface area contributed by atoms with E-state index in [-0.39, 0.29) is 10.8 Å². The molecule has 2 aliphatic heterocycles. The van der Waals surface area contributed by atoms with E-state index >= 15 is 0 Å². The van der Waals surface area contributed by atoms with Crippen LogP contribution in [0.3, 0.4) is 0 Å². The van der Waals surface area contributed by atoms with Crippen LogP contribution in [0, 0.1) is 0 Å². The van der Waals surface area contributed by atoms with Crippen LogP contribution in [-0.2, 0) is 17.2 Å². The number of rotatable bonds is 4. The minimum Gasteiger partial charge on any atom is -0.369 e. The maximum absolute atomic E-state index is 14.0. The van der Waals surface area contributed by atoms with Crippen molar-refractivity contribution in [2.24, 2.45) is 0 Å². The second kappa shape index (κ2) is 9.74. The molecule has 1 aromatic heterocycles. The van der Waals surface area contributed by atoms with E-state index in [1.54, 1.807) is 25.1 Å². The summed E-state index contributed by atoms with van der Waals surface area (Å²) >= 11 is 12.4. The highest BCUT2D eigenvalue weighted by Gasteiger charge is 2.40. The standard InChI is InChI=1S/C24H22Cl2F3N5OS/c1-15-23(36(35)33-11-9-32(10-12-33)17-5-3-2-4-6-17)22(16-7-8-18(25)19(26)13-16)34-21(30-15)14-20(31-34)24(27,28)29/h2-8,13-14,22,30H,9-12H2,1H3. The highest BCUT2D eigenvalue weighted by Crippen LogP contribution is 2.42. The van der Waals surface area contributed by atoms with Gasteiger partial charge in [0, 0.05) is 43.6 Å². The fraction of sp³-hybridized carbons (Fsp3) is 0.292. The van der Waals surface area contributed by atoms with Crippen LogP contribution < -0.4 is 10.2 Å². The smallest absolute Gasteiger partial charge is 0.369 e. The first-order valence-corrected chi connectivity index (χ1v) is 13.1. The van der Waals surface area contributed by atoms with E-state index in [9.17, 15) is 17.4 Å². The second-order valence-corrected chi connectivity index (χ2v) is 10.8. The molecule has 0 radical (unpaired) electrons. The van der Waals surface area contributed by atoms with E-state index in [4.69, 9.17) is 23.2 Å². The molecule has 2 aliphatic rings. The number of fused-ring (bicyclic) bond motifs is 1. The molecular weight excluding hydrogens is 534 g/mol. The van der Waals surface area contributed by atoms with Crippen LogP contribution in [0.5, 0.6) is 0 Å². The van der Waals surface area contributed by atoms with Crippen molar-refractivity contribution in [3.63, 3.8) is 0 Å². The van der Waals surface area contributed by atoms with Crippen LogP contribution in [0.2, 0.25) is 10.0 Å². The Morgan fingerprint density at radius 2 is 1.69 bits per heavy atom. The van der Waals surface area contributed by atoms with E-state index in [2.05, 4.69) is 15.3 Å². The Labute approximate surface area is 218 Å². The van der Waals surface area contributed by atoms with Crippen LogP contribution in [0.25, 0.3) is 0 Å². The van der Waals surface area contributed by atoms with Crippen molar-refractivity contribution in [3.8, 4) is 0 Å². The lowest BCUT2D eigenvalue weighted by Crippen LogP contribution is -2.48. The molecular formula is C24H22Cl2F3N5OS. The van der Waals surface area contributed by atoms with Gasteiger partial charge in [0.1, 0.15) is 22.8 Å². The van der Waals surface area contributed by atoms with Gasteiger partial charge < -0.3 is 10.2 Å². The monoisotopic (exact) mass is 555 g/mol. The number of allylic oxidation sites excluding steroid dienone is 2. The summed E-state index contributed by atoms with van der Waals surface area (Å²) in [6.45, 7) is 4.08. The molecule has 36 heavy (non-hydrogen) atoms. The Kier molecular flexibility index (Phi) is 6.80. The Morgan fingerprint density at radius 3 is 2.33 bits per heavy atom. The van der Waals surface area contributed by atoms with Crippen molar-refractivity contribution in [1.82, 2.24) is 14.1 Å². The van der Waals surface area contributed by atoms with Gasteiger partial charge >= 0.3 is 6.18 Å². The summed E-state index contributed by atoms with van der Waals surface area (Å²) in [5.74, 6) is 0.158. The molecule has 190 valence electrons. The SMILES string of the molecule is CC1=C(S(=O)N2CCN(c3ccccc3)CC2)C(c2ccc(Cl)c(Cl)c2)n2nc(C(F)(F)F)cc2N1. The zero-order valence-corrected chi connectivity index (χ0v) is 21.4. The third kappa shape index (κ3) is 4.74. The first-order valence-electron chi connectivity index (χ1n) is 11.2. The minimum absolute atomic E-state index is 0.158. The Morgan fingerprint density at radius 1 is 1.00 bits per heavy atom. The number of nitrogens with one attached hydrogen (secondary N) is 1. The number of para-hydroxylation sites is 1. The van der Waals surface area contributed by atoms with Gasteiger partial charge in [-0.2, -0.15) is 18.3 Å². The number of alkyl halides is 3. The van der Waals surface area contributed by atoms with Crippen molar-refractivity contribution in [2.45, 2.75) is 19.1 Å². The predicted octanol–water partition coefficient (Wildman–Crippen LogP) is 5.94. The average molecular weight is 556 g/mol. The number of piperazine rings is 1. The second-order valence-electron chi connectivity index (χ2n) is 8.55. The molecule has 0 aliphatic carbocycles. The van der Waals surface area contributed by atoms with Gasteiger partial charge in [-0.1, -0.05) is 47.5 Å². The van der Waals surface area contributed by atoms with E-state index in [1.165, 1.54) is 4.68 Å². The number of hydrogen-bond acceptors (Lipinski definition) is 4. The molecule has 2 unspecified atom stereocenters. The van der Waals surface area contributed by atoms with E-state index in [1.807, 2.05) is 34.6 Å². The molecule has 5 rings (SSSR count). The summed E-state index contributed by atoms with van der Waals surface area (Å²) in [4.78, 5) is 2.64. The highest BCUT2D eigenvalue weighted by atomic mass is 35.5. The molecule has 3 aromatic rings. The van der Waals surface area contributed by atoms with E-state index in [0.29, 0.717) is 47.4 Å². The summed E-state index contributed by atoms with van der Waals surface area (Å²) in [5.41, 5.74) is 1.10. The molecule has 0 spiro atoms. The molecule has 12 heteroatoms. The summed E-state index contributed by atoms with van der Waals surface area (Å²) in [6.07, 6.45) is -4.63. The van der Waals surface area contributed by atoms with Crippen LogP contribution in [-0.4, -0.2) is 44.5 Å². The lowest BCUT2D eigenvalue weighted by atomic mass is 10.0. The molecule has 0 bridgehead atoms. The molecule has 0 amide bonds. The van der Waals surface area contributed by atoms with E-state index in [0.717, 1.165) is 11.8 Å². The lowest BCUT2D eigenvalue weighted by molar-refractivity contribution is -0.141. The van der Waals surface area contributed by atoms with Crippen LogP contribution >= 0.6 is 23.2 Å². The van der Waals surface area contributed by atoms with Crippen LogP contribution in [0.1, 0.15) is 24.2 Å². The summed E-state index contributed by atoms with van der Waals surface area (Å²) in [7, 11) is -1.65. The van der Waals surface area contributed by atoms with Crippen molar-refractivity contribution in [1.29, 1.82) is 0 Å². The third-order valence-corrected chi connectivity index (χ3v) is 8.73. The molecule has 6 nitrogen and oxygen atoms in total. The highest BCUT2D eigenvalue weighted by molar-refractivity contribution is 7.86. The van der Waals surface area contributed by atoms with Crippen molar-refractivity contribution in [2.75, 3.05) is 36.4 Å². The average Bonchev–Trinajstić information content (AvgIpc) is 3.29. The van der Waals surface area contributed by atoms with Gasteiger partial charge in [0.05, 0.1) is 15.0 Å². The van der Waals surface area contributed by atoms with Gasteiger partial charge in [-0.25, -0.2) is 13.2 Å². The summed E-state index contributed by atoms with van der Waals surface area (Å²) in [6, 6.07) is 14.9. The zero-order chi connectivity index (χ0) is 25.6. The largest absolute Gasteiger partial charge is 0.435 e. The molecule has 1 fully saturated rings. The Hall–Kier alpha value is -2.53.